The normalized spacial score (nSPS) is 22.7. The highest BCUT2D eigenvalue weighted by Crippen LogP contribution is 2.35. The summed E-state index contributed by atoms with van der Waals surface area (Å²) < 4.78 is 13.5. The van der Waals surface area contributed by atoms with E-state index in [4.69, 9.17) is 11.6 Å². The number of pyridine rings is 1. The van der Waals surface area contributed by atoms with E-state index in [0.717, 1.165) is 67.9 Å². The average molecular weight is 456 g/mol. The summed E-state index contributed by atoms with van der Waals surface area (Å²) in [5.41, 5.74) is 4.09. The van der Waals surface area contributed by atoms with Crippen LogP contribution in [0.3, 0.4) is 0 Å². The maximum Gasteiger partial charge on any atom is 0.239 e. The van der Waals surface area contributed by atoms with E-state index in [1.807, 2.05) is 11.0 Å². The largest absolute Gasteiger partial charge is 0.363 e. The predicted molar refractivity (Wildman–Crippen MR) is 125 cm³/mol. The van der Waals surface area contributed by atoms with Gasteiger partial charge >= 0.3 is 0 Å². The van der Waals surface area contributed by atoms with E-state index in [1.54, 1.807) is 18.3 Å². The van der Waals surface area contributed by atoms with Crippen LogP contribution in [0, 0.1) is 5.82 Å². The van der Waals surface area contributed by atoms with Gasteiger partial charge in [0.2, 0.25) is 5.91 Å². The first-order valence-corrected chi connectivity index (χ1v) is 11.6. The van der Waals surface area contributed by atoms with Gasteiger partial charge in [-0.15, -0.1) is 0 Å². The molecule has 1 amide bonds. The van der Waals surface area contributed by atoms with Gasteiger partial charge in [0.1, 0.15) is 11.6 Å². The highest BCUT2D eigenvalue weighted by molar-refractivity contribution is 6.31. The first-order valence-electron chi connectivity index (χ1n) is 11.3. The lowest BCUT2D eigenvalue weighted by molar-refractivity contribution is -0.133. The second-order valence-electron chi connectivity index (χ2n) is 8.66. The van der Waals surface area contributed by atoms with Crippen LogP contribution in [0.1, 0.15) is 31.2 Å². The molecule has 1 fully saturated rings. The zero-order chi connectivity index (χ0) is 22.1. The second-order valence-corrected chi connectivity index (χ2v) is 9.06. The van der Waals surface area contributed by atoms with Crippen LogP contribution in [0.15, 0.2) is 42.1 Å². The molecule has 5 rings (SSSR count). The number of benzene rings is 1. The van der Waals surface area contributed by atoms with Gasteiger partial charge in [-0.25, -0.2) is 9.37 Å². The Hall–Kier alpha value is -2.64. The van der Waals surface area contributed by atoms with Gasteiger partial charge in [0.05, 0.1) is 17.1 Å². The minimum absolute atomic E-state index is 0.0228. The van der Waals surface area contributed by atoms with Gasteiger partial charge in [-0.05, 0) is 55.6 Å². The van der Waals surface area contributed by atoms with Crippen LogP contribution < -0.4 is 16.0 Å². The second kappa shape index (κ2) is 9.08. The van der Waals surface area contributed by atoms with Gasteiger partial charge < -0.3 is 20.9 Å². The van der Waals surface area contributed by atoms with Crippen molar-refractivity contribution in [3.8, 4) is 0 Å². The van der Waals surface area contributed by atoms with Crippen LogP contribution in [0.25, 0.3) is 0 Å². The number of carbonyl (C=O) groups excluding carboxylic acids is 1. The van der Waals surface area contributed by atoms with Crippen LogP contribution in [-0.4, -0.2) is 47.5 Å². The number of hydrogen-bond donors (Lipinski definition) is 3. The fourth-order valence-electron chi connectivity index (χ4n) is 4.80. The number of carbonyl (C=O) groups is 1. The van der Waals surface area contributed by atoms with Crippen molar-refractivity contribution in [3.63, 3.8) is 0 Å². The Morgan fingerprint density at radius 2 is 2.19 bits per heavy atom. The molecule has 0 radical (unpaired) electrons. The molecule has 8 heteroatoms. The third-order valence-electron chi connectivity index (χ3n) is 6.59. The van der Waals surface area contributed by atoms with Gasteiger partial charge in [-0.2, -0.15) is 0 Å². The lowest BCUT2D eigenvalue weighted by Gasteiger charge is -2.33. The van der Waals surface area contributed by atoms with Crippen molar-refractivity contribution in [2.45, 2.75) is 44.2 Å². The Bertz CT molecular complexity index is 1050. The number of fused-ring (bicyclic) bond motifs is 1. The van der Waals surface area contributed by atoms with Crippen molar-refractivity contribution >= 4 is 34.7 Å². The molecule has 2 atom stereocenters. The van der Waals surface area contributed by atoms with E-state index in [-0.39, 0.29) is 23.0 Å². The molecule has 3 N–H and O–H groups in total. The summed E-state index contributed by atoms with van der Waals surface area (Å²) >= 11 is 5.93. The lowest BCUT2D eigenvalue weighted by Crippen LogP contribution is -2.50. The van der Waals surface area contributed by atoms with E-state index in [9.17, 15) is 9.18 Å². The molecular weight excluding hydrogens is 429 g/mol. The van der Waals surface area contributed by atoms with E-state index in [0.29, 0.717) is 6.54 Å². The number of nitrogens with zero attached hydrogens (tertiary/aromatic N) is 2. The van der Waals surface area contributed by atoms with Crippen LogP contribution in [-0.2, 0) is 11.2 Å². The van der Waals surface area contributed by atoms with Gasteiger partial charge in [-0.1, -0.05) is 24.1 Å². The van der Waals surface area contributed by atoms with E-state index < -0.39 is 5.82 Å². The number of nitrogens with one attached hydrogen (secondary N) is 3. The van der Waals surface area contributed by atoms with Crippen molar-refractivity contribution < 1.29 is 9.18 Å². The quantitative estimate of drug-likeness (QED) is 0.601. The van der Waals surface area contributed by atoms with Crippen molar-refractivity contribution in [1.29, 1.82) is 0 Å². The fraction of sp³-hybridized carbons (Fsp3) is 0.417. The SMILES string of the molecule is O=C([C@@H]1CCCCN1)N1CC=C(C2Cc3c(Nc4ccc(F)c(Cl)c4)ccnc3N2)CC1. The highest BCUT2D eigenvalue weighted by Gasteiger charge is 2.31. The van der Waals surface area contributed by atoms with Gasteiger partial charge in [0.25, 0.3) is 0 Å². The Balaban J connectivity index is 1.25. The highest BCUT2D eigenvalue weighted by atomic mass is 35.5. The number of halogens is 2. The molecule has 3 aliphatic heterocycles. The third kappa shape index (κ3) is 4.32. The Kier molecular flexibility index (Phi) is 6.02. The summed E-state index contributed by atoms with van der Waals surface area (Å²) in [6.07, 6.45) is 8.84. The summed E-state index contributed by atoms with van der Waals surface area (Å²) in [6.45, 7) is 2.35. The monoisotopic (exact) mass is 455 g/mol. The molecule has 2 aromatic rings. The number of rotatable bonds is 4. The van der Waals surface area contributed by atoms with E-state index in [2.05, 4.69) is 27.0 Å². The Labute approximate surface area is 192 Å². The lowest BCUT2D eigenvalue weighted by atomic mass is 9.96. The summed E-state index contributed by atoms with van der Waals surface area (Å²) in [7, 11) is 0. The van der Waals surface area contributed by atoms with Crippen LogP contribution in [0.2, 0.25) is 5.02 Å². The molecule has 0 bridgehead atoms. The molecule has 3 aliphatic rings. The zero-order valence-corrected chi connectivity index (χ0v) is 18.6. The molecule has 1 aromatic heterocycles. The van der Waals surface area contributed by atoms with Gasteiger partial charge in [0.15, 0.2) is 0 Å². The third-order valence-corrected chi connectivity index (χ3v) is 6.88. The van der Waals surface area contributed by atoms with Crippen molar-refractivity contribution in [2.75, 3.05) is 30.3 Å². The van der Waals surface area contributed by atoms with Crippen molar-refractivity contribution in [1.82, 2.24) is 15.2 Å². The number of hydrogen-bond acceptors (Lipinski definition) is 5. The Morgan fingerprint density at radius 1 is 1.28 bits per heavy atom. The standard InChI is InChI=1S/C24H27ClFN5O/c25-18-13-16(4-5-19(18)26)29-20-6-10-28-23-17(20)14-22(30-23)15-7-11-31(12-8-15)24(32)21-3-1-2-9-27-21/h4-7,10,13,21-22,27H,1-3,8-9,11-12,14H2,(H2,28,29,30)/t21-,22?/m0/s1. The van der Waals surface area contributed by atoms with Crippen LogP contribution in [0.4, 0.5) is 21.6 Å². The summed E-state index contributed by atoms with van der Waals surface area (Å²) in [5, 5.41) is 10.3. The van der Waals surface area contributed by atoms with Gasteiger partial charge in [0, 0.05) is 42.6 Å². The maximum atomic E-state index is 13.5. The summed E-state index contributed by atoms with van der Waals surface area (Å²) in [5.74, 6) is 0.655. The molecular formula is C24H27ClFN5O. The minimum Gasteiger partial charge on any atom is -0.363 e. The molecule has 0 spiro atoms. The molecule has 1 aromatic carbocycles. The molecule has 1 unspecified atom stereocenters. The van der Waals surface area contributed by atoms with Crippen molar-refractivity contribution in [3.05, 3.63) is 58.5 Å². The maximum absolute atomic E-state index is 13.5. The van der Waals surface area contributed by atoms with Crippen LogP contribution >= 0.6 is 11.6 Å². The molecule has 0 aliphatic carbocycles. The van der Waals surface area contributed by atoms with Crippen molar-refractivity contribution in [2.24, 2.45) is 0 Å². The first kappa shape index (κ1) is 21.2. The predicted octanol–water partition coefficient (Wildman–Crippen LogP) is 4.26. The topological polar surface area (TPSA) is 69.3 Å². The van der Waals surface area contributed by atoms with Crippen LogP contribution in [0.5, 0.6) is 0 Å². The van der Waals surface area contributed by atoms with Gasteiger partial charge in [-0.3, -0.25) is 4.79 Å². The summed E-state index contributed by atoms with van der Waals surface area (Å²) in [4.78, 5) is 19.3. The average Bonchev–Trinajstić information content (AvgIpc) is 3.27. The molecule has 32 heavy (non-hydrogen) atoms. The Morgan fingerprint density at radius 3 is 2.94 bits per heavy atom. The number of aromatic nitrogens is 1. The zero-order valence-electron chi connectivity index (χ0n) is 17.8. The smallest absolute Gasteiger partial charge is 0.239 e. The molecule has 1 saturated heterocycles. The number of amides is 1. The van der Waals surface area contributed by atoms with E-state index in [1.165, 1.54) is 11.6 Å². The molecule has 168 valence electrons. The molecule has 4 heterocycles. The molecule has 0 saturated carbocycles. The fourth-order valence-corrected chi connectivity index (χ4v) is 4.98. The minimum atomic E-state index is -0.435. The number of anilines is 3. The molecule has 6 nitrogen and oxygen atoms in total. The number of piperidine rings is 1. The summed E-state index contributed by atoms with van der Waals surface area (Å²) in [6, 6.07) is 6.68. The first-order chi connectivity index (χ1) is 15.6. The van der Waals surface area contributed by atoms with E-state index >= 15 is 0 Å².